The van der Waals surface area contributed by atoms with Gasteiger partial charge in [-0.05, 0) is 38.8 Å². The second-order valence-electron chi connectivity index (χ2n) is 3.13. The van der Waals surface area contributed by atoms with Gasteiger partial charge in [0, 0.05) is 24.4 Å². The van der Waals surface area contributed by atoms with Crippen molar-refractivity contribution in [1.29, 1.82) is 5.26 Å². The van der Waals surface area contributed by atoms with Crippen molar-refractivity contribution in [3.05, 3.63) is 23.4 Å². The van der Waals surface area contributed by atoms with Crippen molar-refractivity contribution in [2.75, 3.05) is 13.1 Å². The first-order chi connectivity index (χ1) is 6.31. The van der Waals surface area contributed by atoms with Gasteiger partial charge in [0.05, 0.1) is 6.07 Å². The Bertz CT molecular complexity index is 264. The predicted octanol–water partition coefficient (Wildman–Crippen LogP) is 2.46. The van der Waals surface area contributed by atoms with Gasteiger partial charge < -0.3 is 4.90 Å². The first-order valence-corrected chi connectivity index (χ1v) is 4.86. The van der Waals surface area contributed by atoms with Crippen LogP contribution in [0.2, 0.25) is 0 Å². The molecule has 2 nitrogen and oxygen atoms in total. The van der Waals surface area contributed by atoms with Crippen molar-refractivity contribution in [3.63, 3.8) is 0 Å². The summed E-state index contributed by atoms with van der Waals surface area (Å²) in [5.41, 5.74) is 2.26. The van der Waals surface area contributed by atoms with Gasteiger partial charge in [0.25, 0.3) is 0 Å². The Labute approximate surface area is 80.2 Å². The maximum Gasteiger partial charge on any atom is 0.0947 e. The smallest absolute Gasteiger partial charge is 0.0947 e. The SMILES string of the molecule is CCN(CC)C1=CC=C(C#N)CC1. The second kappa shape index (κ2) is 4.71. The molecule has 0 fully saturated rings. The molecule has 1 aliphatic rings. The lowest BCUT2D eigenvalue weighted by Crippen LogP contribution is -2.22. The number of nitrogens with zero attached hydrogens (tertiary/aromatic N) is 2. The normalized spacial score (nSPS) is 15.8. The number of rotatable bonds is 3. The first-order valence-electron chi connectivity index (χ1n) is 4.86. The van der Waals surface area contributed by atoms with Crippen molar-refractivity contribution in [3.8, 4) is 6.07 Å². The summed E-state index contributed by atoms with van der Waals surface area (Å²) in [6.45, 7) is 6.43. The van der Waals surface area contributed by atoms with E-state index < -0.39 is 0 Å². The fraction of sp³-hybridized carbons (Fsp3) is 0.545. The molecule has 0 aromatic rings. The van der Waals surface area contributed by atoms with Crippen LogP contribution in [0.5, 0.6) is 0 Å². The van der Waals surface area contributed by atoms with Crippen molar-refractivity contribution < 1.29 is 0 Å². The molecule has 0 aliphatic heterocycles. The van der Waals surface area contributed by atoms with Crippen molar-refractivity contribution in [1.82, 2.24) is 4.90 Å². The van der Waals surface area contributed by atoms with Crippen LogP contribution in [0, 0.1) is 11.3 Å². The van der Waals surface area contributed by atoms with Crippen molar-refractivity contribution in [2.24, 2.45) is 0 Å². The van der Waals surface area contributed by atoms with Crippen LogP contribution in [-0.2, 0) is 0 Å². The summed E-state index contributed by atoms with van der Waals surface area (Å²) < 4.78 is 0. The van der Waals surface area contributed by atoms with Crippen LogP contribution in [0.25, 0.3) is 0 Å². The maximum absolute atomic E-state index is 8.67. The molecule has 0 amide bonds. The molecule has 0 aromatic heterocycles. The number of nitriles is 1. The Morgan fingerprint density at radius 2 is 2.00 bits per heavy atom. The van der Waals surface area contributed by atoms with Gasteiger partial charge in [-0.25, -0.2) is 0 Å². The van der Waals surface area contributed by atoms with Gasteiger partial charge in [-0.15, -0.1) is 0 Å². The summed E-state index contributed by atoms with van der Waals surface area (Å²) in [6, 6.07) is 2.20. The van der Waals surface area contributed by atoms with E-state index in [2.05, 4.69) is 30.9 Å². The van der Waals surface area contributed by atoms with Gasteiger partial charge in [-0.1, -0.05) is 0 Å². The molecule has 0 bridgehead atoms. The summed E-state index contributed by atoms with van der Waals surface area (Å²) in [6.07, 6.45) is 5.94. The van der Waals surface area contributed by atoms with Gasteiger partial charge in [0.15, 0.2) is 0 Å². The van der Waals surface area contributed by atoms with E-state index in [0.717, 1.165) is 31.5 Å². The standard InChI is InChI=1S/C11H16N2/c1-3-13(4-2)11-7-5-10(9-12)6-8-11/h5,7H,3-4,6,8H2,1-2H3. The summed E-state index contributed by atoms with van der Waals surface area (Å²) in [5.74, 6) is 0. The van der Waals surface area contributed by atoms with Gasteiger partial charge in [-0.2, -0.15) is 5.26 Å². The zero-order chi connectivity index (χ0) is 9.68. The highest BCUT2D eigenvalue weighted by atomic mass is 15.1. The molecule has 0 atom stereocenters. The Balaban J connectivity index is 2.69. The maximum atomic E-state index is 8.67. The van der Waals surface area contributed by atoms with E-state index in [1.54, 1.807) is 0 Å². The Morgan fingerprint density at radius 3 is 2.38 bits per heavy atom. The molecule has 0 aromatic carbocycles. The lowest BCUT2D eigenvalue weighted by atomic mass is 10.0. The molecule has 13 heavy (non-hydrogen) atoms. The summed E-state index contributed by atoms with van der Waals surface area (Å²) in [5, 5.41) is 8.67. The van der Waals surface area contributed by atoms with Crippen LogP contribution in [0.15, 0.2) is 23.4 Å². The highest BCUT2D eigenvalue weighted by Gasteiger charge is 2.09. The molecule has 2 heteroatoms. The average Bonchev–Trinajstić information content (AvgIpc) is 2.21. The molecule has 0 saturated carbocycles. The summed E-state index contributed by atoms with van der Waals surface area (Å²) in [7, 11) is 0. The molecule has 0 radical (unpaired) electrons. The average molecular weight is 176 g/mol. The lowest BCUT2D eigenvalue weighted by Gasteiger charge is -2.25. The molecule has 0 spiro atoms. The van der Waals surface area contributed by atoms with E-state index in [1.165, 1.54) is 5.70 Å². The van der Waals surface area contributed by atoms with Crippen LogP contribution >= 0.6 is 0 Å². The van der Waals surface area contributed by atoms with Crippen LogP contribution in [-0.4, -0.2) is 18.0 Å². The third kappa shape index (κ3) is 2.35. The zero-order valence-corrected chi connectivity index (χ0v) is 8.38. The fourth-order valence-corrected chi connectivity index (χ4v) is 1.61. The minimum atomic E-state index is 0.899. The zero-order valence-electron chi connectivity index (χ0n) is 8.38. The van der Waals surface area contributed by atoms with Crippen LogP contribution in [0.3, 0.4) is 0 Å². The molecule has 70 valence electrons. The van der Waals surface area contributed by atoms with Gasteiger partial charge in [0.1, 0.15) is 0 Å². The molecule has 0 heterocycles. The molecule has 0 saturated heterocycles. The molecule has 1 aliphatic carbocycles. The van der Waals surface area contributed by atoms with E-state index in [1.807, 2.05) is 6.08 Å². The van der Waals surface area contributed by atoms with Crippen LogP contribution in [0.4, 0.5) is 0 Å². The molecular weight excluding hydrogens is 160 g/mol. The quantitative estimate of drug-likeness (QED) is 0.660. The Hall–Kier alpha value is -1.23. The van der Waals surface area contributed by atoms with Gasteiger partial charge >= 0.3 is 0 Å². The van der Waals surface area contributed by atoms with Crippen molar-refractivity contribution in [2.45, 2.75) is 26.7 Å². The minimum absolute atomic E-state index is 0.899. The molecule has 0 unspecified atom stereocenters. The highest BCUT2D eigenvalue weighted by Crippen LogP contribution is 2.20. The Kier molecular flexibility index (Phi) is 3.57. The van der Waals surface area contributed by atoms with E-state index in [9.17, 15) is 0 Å². The summed E-state index contributed by atoms with van der Waals surface area (Å²) in [4.78, 5) is 2.34. The van der Waals surface area contributed by atoms with Crippen molar-refractivity contribution >= 4 is 0 Å². The van der Waals surface area contributed by atoms with Crippen LogP contribution < -0.4 is 0 Å². The molecule has 0 N–H and O–H groups in total. The third-order valence-corrected chi connectivity index (χ3v) is 2.44. The number of hydrogen-bond acceptors (Lipinski definition) is 2. The highest BCUT2D eigenvalue weighted by molar-refractivity contribution is 5.31. The second-order valence-corrected chi connectivity index (χ2v) is 3.13. The van der Waals surface area contributed by atoms with E-state index in [4.69, 9.17) is 5.26 Å². The van der Waals surface area contributed by atoms with E-state index in [0.29, 0.717) is 0 Å². The predicted molar refractivity (Wildman–Crippen MR) is 53.9 cm³/mol. The minimum Gasteiger partial charge on any atom is -0.375 e. The topological polar surface area (TPSA) is 27.0 Å². The monoisotopic (exact) mass is 176 g/mol. The van der Waals surface area contributed by atoms with Gasteiger partial charge in [0.2, 0.25) is 0 Å². The van der Waals surface area contributed by atoms with Crippen LogP contribution in [0.1, 0.15) is 26.7 Å². The first kappa shape index (κ1) is 9.85. The lowest BCUT2D eigenvalue weighted by molar-refractivity contribution is 0.367. The van der Waals surface area contributed by atoms with Gasteiger partial charge in [-0.3, -0.25) is 0 Å². The number of hydrogen-bond donors (Lipinski definition) is 0. The fourth-order valence-electron chi connectivity index (χ4n) is 1.61. The Morgan fingerprint density at radius 1 is 1.31 bits per heavy atom. The number of allylic oxidation sites excluding steroid dienone is 4. The third-order valence-electron chi connectivity index (χ3n) is 2.44. The van der Waals surface area contributed by atoms with E-state index in [-0.39, 0.29) is 0 Å². The van der Waals surface area contributed by atoms with E-state index >= 15 is 0 Å². The molecule has 1 rings (SSSR count). The summed E-state index contributed by atoms with van der Waals surface area (Å²) >= 11 is 0. The largest absolute Gasteiger partial charge is 0.375 e. The molecular formula is C11H16N2.